The molecule has 0 fully saturated rings. The summed E-state index contributed by atoms with van der Waals surface area (Å²) in [6.45, 7) is 3.22. The molecular weight excluding hydrogens is 461 g/mol. The summed E-state index contributed by atoms with van der Waals surface area (Å²) in [7, 11) is 0. The SMILES string of the molecule is CC(C)NC(=O)Nc1ccccc1C(=O)OCC(=O)Nc1cccc(I)c1. The van der Waals surface area contributed by atoms with Crippen LogP contribution in [0, 0.1) is 3.57 Å². The highest BCUT2D eigenvalue weighted by Gasteiger charge is 2.16. The van der Waals surface area contributed by atoms with E-state index in [1.165, 1.54) is 6.07 Å². The minimum absolute atomic E-state index is 0.0474. The fourth-order valence-corrected chi connectivity index (χ4v) is 2.71. The molecule has 0 spiro atoms. The standard InChI is InChI=1S/C19H20IN3O4/c1-12(2)21-19(26)23-16-9-4-3-8-15(16)18(25)27-11-17(24)22-14-7-5-6-13(20)10-14/h3-10,12H,11H2,1-2H3,(H,22,24)(H2,21,23,26). The van der Waals surface area contributed by atoms with Crippen LogP contribution in [-0.4, -0.2) is 30.6 Å². The second-order valence-electron chi connectivity index (χ2n) is 5.93. The first-order valence-corrected chi connectivity index (χ1v) is 9.32. The fourth-order valence-electron chi connectivity index (χ4n) is 2.16. The van der Waals surface area contributed by atoms with Crippen molar-refractivity contribution in [2.75, 3.05) is 17.2 Å². The number of halogens is 1. The van der Waals surface area contributed by atoms with E-state index in [0.29, 0.717) is 11.4 Å². The molecule has 142 valence electrons. The molecule has 0 radical (unpaired) electrons. The molecule has 0 aromatic heterocycles. The third-order valence-corrected chi connectivity index (χ3v) is 3.93. The van der Waals surface area contributed by atoms with Crippen molar-refractivity contribution in [3.8, 4) is 0 Å². The number of hydrogen-bond donors (Lipinski definition) is 3. The van der Waals surface area contributed by atoms with Crippen LogP contribution in [0.1, 0.15) is 24.2 Å². The normalized spacial score (nSPS) is 10.2. The molecule has 0 saturated carbocycles. The Morgan fingerprint density at radius 2 is 1.78 bits per heavy atom. The number of amides is 3. The molecule has 27 heavy (non-hydrogen) atoms. The van der Waals surface area contributed by atoms with Crippen molar-refractivity contribution in [2.24, 2.45) is 0 Å². The Morgan fingerprint density at radius 1 is 1.04 bits per heavy atom. The summed E-state index contributed by atoms with van der Waals surface area (Å²) in [6.07, 6.45) is 0. The van der Waals surface area contributed by atoms with Crippen LogP contribution in [0.5, 0.6) is 0 Å². The van der Waals surface area contributed by atoms with Crippen LogP contribution in [-0.2, 0) is 9.53 Å². The molecular formula is C19H20IN3O4. The Balaban J connectivity index is 1.95. The van der Waals surface area contributed by atoms with E-state index in [1.54, 1.807) is 30.3 Å². The highest BCUT2D eigenvalue weighted by Crippen LogP contribution is 2.16. The van der Waals surface area contributed by atoms with Gasteiger partial charge in [0.2, 0.25) is 0 Å². The van der Waals surface area contributed by atoms with Gasteiger partial charge < -0.3 is 20.7 Å². The summed E-state index contributed by atoms with van der Waals surface area (Å²) in [6, 6.07) is 13.2. The van der Waals surface area contributed by atoms with Gasteiger partial charge in [-0.15, -0.1) is 0 Å². The van der Waals surface area contributed by atoms with E-state index in [1.807, 2.05) is 26.0 Å². The number of esters is 1. The van der Waals surface area contributed by atoms with Crippen LogP contribution in [0.2, 0.25) is 0 Å². The molecule has 0 aliphatic carbocycles. The summed E-state index contributed by atoms with van der Waals surface area (Å²) in [5, 5.41) is 7.93. The van der Waals surface area contributed by atoms with Gasteiger partial charge in [-0.3, -0.25) is 4.79 Å². The van der Waals surface area contributed by atoms with Crippen molar-refractivity contribution in [2.45, 2.75) is 19.9 Å². The van der Waals surface area contributed by atoms with Gasteiger partial charge in [0.1, 0.15) is 0 Å². The van der Waals surface area contributed by atoms with Crippen molar-refractivity contribution < 1.29 is 19.1 Å². The lowest BCUT2D eigenvalue weighted by Gasteiger charge is -2.13. The van der Waals surface area contributed by atoms with E-state index in [4.69, 9.17) is 4.74 Å². The maximum absolute atomic E-state index is 12.3. The average molecular weight is 481 g/mol. The van der Waals surface area contributed by atoms with E-state index in [0.717, 1.165) is 3.57 Å². The van der Waals surface area contributed by atoms with E-state index in [2.05, 4.69) is 38.5 Å². The largest absolute Gasteiger partial charge is 0.452 e. The predicted octanol–water partition coefficient (Wildman–Crippen LogP) is 3.62. The van der Waals surface area contributed by atoms with Gasteiger partial charge in [-0.2, -0.15) is 0 Å². The molecule has 0 bridgehead atoms. The summed E-state index contributed by atoms with van der Waals surface area (Å²) in [4.78, 5) is 36.1. The number of carbonyl (C=O) groups excluding carboxylic acids is 3. The number of hydrogen-bond acceptors (Lipinski definition) is 4. The number of anilines is 2. The van der Waals surface area contributed by atoms with Crippen molar-refractivity contribution in [1.29, 1.82) is 0 Å². The molecule has 3 amide bonds. The van der Waals surface area contributed by atoms with Crippen LogP contribution in [0.3, 0.4) is 0 Å². The van der Waals surface area contributed by atoms with Crippen molar-refractivity contribution in [1.82, 2.24) is 5.32 Å². The van der Waals surface area contributed by atoms with E-state index >= 15 is 0 Å². The van der Waals surface area contributed by atoms with Crippen molar-refractivity contribution in [3.63, 3.8) is 0 Å². The maximum atomic E-state index is 12.3. The number of ether oxygens (including phenoxy) is 1. The van der Waals surface area contributed by atoms with E-state index < -0.39 is 24.5 Å². The van der Waals surface area contributed by atoms with Crippen LogP contribution in [0.15, 0.2) is 48.5 Å². The molecule has 0 atom stereocenters. The smallest absolute Gasteiger partial charge is 0.340 e. The Labute approximate surface area is 171 Å². The van der Waals surface area contributed by atoms with Crippen LogP contribution in [0.25, 0.3) is 0 Å². The monoisotopic (exact) mass is 481 g/mol. The Bertz CT molecular complexity index is 839. The molecule has 0 aliphatic heterocycles. The van der Waals surface area contributed by atoms with Crippen LogP contribution in [0.4, 0.5) is 16.2 Å². The lowest BCUT2D eigenvalue weighted by molar-refractivity contribution is -0.119. The van der Waals surface area contributed by atoms with E-state index in [-0.39, 0.29) is 11.6 Å². The molecule has 2 aromatic carbocycles. The molecule has 2 aromatic rings. The van der Waals surface area contributed by atoms with Gasteiger partial charge in [0.05, 0.1) is 11.3 Å². The first-order valence-electron chi connectivity index (χ1n) is 8.24. The van der Waals surface area contributed by atoms with Gasteiger partial charge in [-0.05, 0) is 66.8 Å². The van der Waals surface area contributed by atoms with Gasteiger partial charge in [0.25, 0.3) is 5.91 Å². The third-order valence-electron chi connectivity index (χ3n) is 3.26. The maximum Gasteiger partial charge on any atom is 0.340 e. The minimum Gasteiger partial charge on any atom is -0.452 e. The number of urea groups is 1. The van der Waals surface area contributed by atoms with Crippen molar-refractivity contribution in [3.05, 3.63) is 57.7 Å². The topological polar surface area (TPSA) is 96.5 Å². The lowest BCUT2D eigenvalue weighted by atomic mass is 10.2. The molecule has 7 nitrogen and oxygen atoms in total. The zero-order valence-electron chi connectivity index (χ0n) is 14.9. The molecule has 2 rings (SSSR count). The lowest BCUT2D eigenvalue weighted by Crippen LogP contribution is -2.34. The molecule has 0 saturated heterocycles. The highest BCUT2D eigenvalue weighted by atomic mass is 127. The number of rotatable bonds is 6. The van der Waals surface area contributed by atoms with Gasteiger partial charge in [0.15, 0.2) is 6.61 Å². The van der Waals surface area contributed by atoms with Gasteiger partial charge >= 0.3 is 12.0 Å². The molecule has 0 aliphatic rings. The predicted molar refractivity (Wildman–Crippen MR) is 112 cm³/mol. The van der Waals surface area contributed by atoms with Crippen LogP contribution < -0.4 is 16.0 Å². The molecule has 8 heteroatoms. The quantitative estimate of drug-likeness (QED) is 0.434. The fraction of sp³-hybridized carbons (Fsp3) is 0.211. The second kappa shape index (κ2) is 9.91. The average Bonchev–Trinajstić information content (AvgIpc) is 2.59. The first-order chi connectivity index (χ1) is 12.8. The molecule has 0 heterocycles. The van der Waals surface area contributed by atoms with Crippen LogP contribution >= 0.6 is 22.6 Å². The highest BCUT2D eigenvalue weighted by molar-refractivity contribution is 14.1. The van der Waals surface area contributed by atoms with Crippen molar-refractivity contribution >= 4 is 51.9 Å². The Kier molecular flexibility index (Phi) is 7.59. The van der Waals surface area contributed by atoms with Gasteiger partial charge in [-0.25, -0.2) is 9.59 Å². The summed E-state index contributed by atoms with van der Waals surface area (Å²) < 4.78 is 6.05. The van der Waals surface area contributed by atoms with Gasteiger partial charge in [0, 0.05) is 15.3 Å². The molecule has 0 unspecified atom stereocenters. The summed E-state index contributed by atoms with van der Waals surface area (Å²) in [5.74, 6) is -1.15. The number of benzene rings is 2. The first kappa shape index (κ1) is 20.7. The Hall–Kier alpha value is -2.62. The number of nitrogens with one attached hydrogen (secondary N) is 3. The number of para-hydroxylation sites is 1. The minimum atomic E-state index is -0.701. The molecule has 3 N–H and O–H groups in total. The van der Waals surface area contributed by atoms with E-state index in [9.17, 15) is 14.4 Å². The zero-order valence-corrected chi connectivity index (χ0v) is 17.1. The second-order valence-corrected chi connectivity index (χ2v) is 7.18. The van der Waals surface area contributed by atoms with Gasteiger partial charge in [-0.1, -0.05) is 18.2 Å². The Morgan fingerprint density at radius 3 is 2.48 bits per heavy atom. The zero-order chi connectivity index (χ0) is 19.8. The third kappa shape index (κ3) is 6.89. The summed E-state index contributed by atoms with van der Waals surface area (Å²) in [5.41, 5.74) is 1.09. The summed E-state index contributed by atoms with van der Waals surface area (Å²) >= 11 is 2.14. The number of carbonyl (C=O) groups is 3.